The number of nitrogens with two attached hydrogens (primary N) is 1. The highest BCUT2D eigenvalue weighted by Gasteiger charge is 2.24. The van der Waals surface area contributed by atoms with Gasteiger partial charge in [0.25, 0.3) is 0 Å². The van der Waals surface area contributed by atoms with E-state index in [1.807, 2.05) is 6.07 Å². The molecule has 1 fully saturated rings. The monoisotopic (exact) mass is 344 g/mol. The van der Waals surface area contributed by atoms with Crippen molar-refractivity contribution in [2.75, 3.05) is 19.6 Å². The van der Waals surface area contributed by atoms with Crippen molar-refractivity contribution in [2.45, 2.75) is 32.2 Å². The van der Waals surface area contributed by atoms with Crippen molar-refractivity contribution in [1.29, 1.82) is 0 Å². The molecule has 2 N–H and O–H groups in total. The van der Waals surface area contributed by atoms with Crippen LogP contribution in [0.1, 0.15) is 37.8 Å². The van der Waals surface area contributed by atoms with Crippen LogP contribution in [0, 0.1) is 5.92 Å². The normalized spacial score (nSPS) is 19.6. The Morgan fingerprint density at radius 2 is 2.11 bits per heavy atom. The molecule has 0 saturated carbocycles. The number of nitrogens with zero attached hydrogens (tertiary/aromatic N) is 1. The second-order valence-electron chi connectivity index (χ2n) is 5.40. The van der Waals surface area contributed by atoms with Gasteiger partial charge in [0.2, 0.25) is 0 Å². The lowest BCUT2D eigenvalue weighted by atomic mass is 9.92. The van der Waals surface area contributed by atoms with Gasteiger partial charge >= 0.3 is 0 Å². The number of likely N-dealkylation sites (tertiary alicyclic amines) is 1. The maximum absolute atomic E-state index is 6.35. The van der Waals surface area contributed by atoms with E-state index in [1.54, 1.807) is 0 Å². The van der Waals surface area contributed by atoms with E-state index in [1.165, 1.54) is 24.8 Å². The van der Waals surface area contributed by atoms with E-state index in [4.69, 9.17) is 17.3 Å². The van der Waals surface area contributed by atoms with Gasteiger partial charge in [0.15, 0.2) is 0 Å². The van der Waals surface area contributed by atoms with E-state index in [2.05, 4.69) is 39.9 Å². The van der Waals surface area contributed by atoms with E-state index in [0.29, 0.717) is 6.04 Å². The van der Waals surface area contributed by atoms with Crippen LogP contribution in [0.5, 0.6) is 0 Å². The summed E-state index contributed by atoms with van der Waals surface area (Å²) in [6.45, 7) is 5.37. The highest BCUT2D eigenvalue weighted by atomic mass is 79.9. The van der Waals surface area contributed by atoms with Crippen LogP contribution < -0.4 is 5.73 Å². The first-order chi connectivity index (χ1) is 9.11. The standard InChI is InChI=1S/C15H22BrClN2/c1-11(14-3-2-13(16)10-15(14)17)19-8-5-12(4-7-18)6-9-19/h2-3,10-12H,4-9,18H2,1H3. The molecule has 1 unspecified atom stereocenters. The molecule has 0 bridgehead atoms. The van der Waals surface area contributed by atoms with Gasteiger partial charge in [-0.1, -0.05) is 33.6 Å². The third kappa shape index (κ3) is 3.94. The van der Waals surface area contributed by atoms with Crippen molar-refractivity contribution in [3.05, 3.63) is 33.3 Å². The van der Waals surface area contributed by atoms with E-state index < -0.39 is 0 Å². The molecule has 0 amide bonds. The first-order valence-electron chi connectivity index (χ1n) is 7.01. The Balaban J connectivity index is 1.99. The molecule has 0 aromatic heterocycles. The van der Waals surface area contributed by atoms with Gasteiger partial charge in [-0.2, -0.15) is 0 Å². The molecular formula is C15H22BrClN2. The van der Waals surface area contributed by atoms with Crippen LogP contribution in [0.3, 0.4) is 0 Å². The van der Waals surface area contributed by atoms with Crippen molar-refractivity contribution in [3.8, 4) is 0 Å². The Morgan fingerprint density at radius 3 is 2.68 bits per heavy atom. The smallest absolute Gasteiger partial charge is 0.0464 e. The molecule has 1 saturated heterocycles. The molecule has 1 aromatic carbocycles. The van der Waals surface area contributed by atoms with Crippen molar-refractivity contribution in [1.82, 2.24) is 4.90 Å². The zero-order chi connectivity index (χ0) is 13.8. The minimum atomic E-state index is 0.388. The van der Waals surface area contributed by atoms with Gasteiger partial charge in [0.05, 0.1) is 0 Å². The van der Waals surface area contributed by atoms with Crippen LogP contribution in [0.15, 0.2) is 22.7 Å². The number of rotatable bonds is 4. The Bertz CT molecular complexity index is 417. The van der Waals surface area contributed by atoms with Gasteiger partial charge in [-0.15, -0.1) is 0 Å². The molecule has 2 rings (SSSR count). The molecule has 4 heteroatoms. The number of halogens is 2. The highest BCUT2D eigenvalue weighted by molar-refractivity contribution is 9.10. The molecular weight excluding hydrogens is 324 g/mol. The molecule has 1 aromatic rings. The SMILES string of the molecule is CC(c1ccc(Br)cc1Cl)N1CCC(CCN)CC1. The van der Waals surface area contributed by atoms with Crippen LogP contribution in [-0.4, -0.2) is 24.5 Å². The van der Waals surface area contributed by atoms with Crippen LogP contribution >= 0.6 is 27.5 Å². The molecule has 19 heavy (non-hydrogen) atoms. The summed E-state index contributed by atoms with van der Waals surface area (Å²) in [5.74, 6) is 0.814. The second kappa shape index (κ2) is 7.07. The zero-order valence-corrected chi connectivity index (χ0v) is 13.8. The van der Waals surface area contributed by atoms with Crippen molar-refractivity contribution in [3.63, 3.8) is 0 Å². The number of piperidine rings is 1. The van der Waals surface area contributed by atoms with Gasteiger partial charge in [-0.25, -0.2) is 0 Å². The lowest BCUT2D eigenvalue weighted by molar-refractivity contribution is 0.138. The van der Waals surface area contributed by atoms with E-state index in [-0.39, 0.29) is 0 Å². The predicted octanol–water partition coefficient (Wildman–Crippen LogP) is 4.22. The van der Waals surface area contributed by atoms with Gasteiger partial charge in [-0.3, -0.25) is 4.90 Å². The van der Waals surface area contributed by atoms with E-state index >= 15 is 0 Å². The minimum absolute atomic E-state index is 0.388. The lowest BCUT2D eigenvalue weighted by Crippen LogP contribution is -2.36. The summed E-state index contributed by atoms with van der Waals surface area (Å²) in [7, 11) is 0. The molecule has 1 aliphatic rings. The molecule has 0 radical (unpaired) electrons. The predicted molar refractivity (Wildman–Crippen MR) is 85.5 cm³/mol. The van der Waals surface area contributed by atoms with Crippen LogP contribution in [0.4, 0.5) is 0 Å². The van der Waals surface area contributed by atoms with Crippen LogP contribution in [0.2, 0.25) is 5.02 Å². The van der Waals surface area contributed by atoms with E-state index in [9.17, 15) is 0 Å². The maximum Gasteiger partial charge on any atom is 0.0464 e. The maximum atomic E-state index is 6.35. The lowest BCUT2D eigenvalue weighted by Gasteiger charge is -2.36. The third-order valence-corrected chi connectivity index (χ3v) is 5.00. The molecule has 1 heterocycles. The summed E-state index contributed by atoms with van der Waals surface area (Å²) in [5, 5.41) is 0.853. The Hall–Kier alpha value is -0.0900. The summed E-state index contributed by atoms with van der Waals surface area (Å²) in [6, 6.07) is 6.57. The molecule has 106 valence electrons. The fourth-order valence-electron chi connectivity index (χ4n) is 2.90. The number of hydrogen-bond donors (Lipinski definition) is 1. The molecule has 2 nitrogen and oxygen atoms in total. The first-order valence-corrected chi connectivity index (χ1v) is 8.18. The molecule has 0 spiro atoms. The highest BCUT2D eigenvalue weighted by Crippen LogP contribution is 2.32. The van der Waals surface area contributed by atoms with Crippen LogP contribution in [-0.2, 0) is 0 Å². The van der Waals surface area contributed by atoms with Crippen molar-refractivity contribution in [2.24, 2.45) is 11.7 Å². The van der Waals surface area contributed by atoms with Gasteiger partial charge < -0.3 is 5.73 Å². The fraction of sp³-hybridized carbons (Fsp3) is 0.600. The summed E-state index contributed by atoms with van der Waals surface area (Å²) >= 11 is 9.81. The van der Waals surface area contributed by atoms with E-state index in [0.717, 1.165) is 35.0 Å². The van der Waals surface area contributed by atoms with Gasteiger partial charge in [0.1, 0.15) is 0 Å². The van der Waals surface area contributed by atoms with Crippen molar-refractivity contribution < 1.29 is 0 Å². The Labute approximate surface area is 129 Å². The Morgan fingerprint density at radius 1 is 1.42 bits per heavy atom. The minimum Gasteiger partial charge on any atom is -0.330 e. The summed E-state index contributed by atoms with van der Waals surface area (Å²) in [4.78, 5) is 2.53. The van der Waals surface area contributed by atoms with Gasteiger partial charge in [0, 0.05) is 15.5 Å². The molecule has 1 atom stereocenters. The summed E-state index contributed by atoms with van der Waals surface area (Å²) in [5.41, 5.74) is 6.87. The Kier molecular flexibility index (Phi) is 5.70. The largest absolute Gasteiger partial charge is 0.330 e. The summed E-state index contributed by atoms with van der Waals surface area (Å²) < 4.78 is 1.04. The zero-order valence-electron chi connectivity index (χ0n) is 11.4. The number of hydrogen-bond acceptors (Lipinski definition) is 2. The second-order valence-corrected chi connectivity index (χ2v) is 6.72. The fourth-order valence-corrected chi connectivity index (χ4v) is 3.73. The average molecular weight is 346 g/mol. The molecule has 0 aliphatic carbocycles. The first kappa shape index (κ1) is 15.3. The number of benzene rings is 1. The van der Waals surface area contributed by atoms with Gasteiger partial charge in [-0.05, 0) is 69.4 Å². The average Bonchev–Trinajstić information content (AvgIpc) is 2.39. The third-order valence-electron chi connectivity index (χ3n) is 4.18. The molecule has 1 aliphatic heterocycles. The quantitative estimate of drug-likeness (QED) is 0.885. The van der Waals surface area contributed by atoms with Crippen LogP contribution in [0.25, 0.3) is 0 Å². The van der Waals surface area contributed by atoms with Crippen molar-refractivity contribution >= 4 is 27.5 Å². The topological polar surface area (TPSA) is 29.3 Å². The summed E-state index contributed by atoms with van der Waals surface area (Å²) in [6.07, 6.45) is 3.69.